The van der Waals surface area contributed by atoms with Crippen LogP contribution in [0.4, 0.5) is 0 Å². The molecule has 2 aliphatic rings. The van der Waals surface area contributed by atoms with Gasteiger partial charge in [0.2, 0.25) is 0 Å². The van der Waals surface area contributed by atoms with Crippen LogP contribution in [0.3, 0.4) is 0 Å². The van der Waals surface area contributed by atoms with Crippen molar-refractivity contribution in [1.29, 1.82) is 10.5 Å². The Morgan fingerprint density at radius 2 is 2.26 bits per heavy atom. The summed E-state index contributed by atoms with van der Waals surface area (Å²) in [5, 5.41) is 18.1. The third-order valence-electron chi connectivity index (χ3n) is 3.93. The molecule has 0 aliphatic carbocycles. The Bertz CT molecular complexity index is 560. The molecule has 0 N–H and O–H groups in total. The lowest BCUT2D eigenvalue weighted by Crippen LogP contribution is -2.41. The summed E-state index contributed by atoms with van der Waals surface area (Å²) in [5.41, 5.74) is 0.335. The first-order chi connectivity index (χ1) is 9.28. The van der Waals surface area contributed by atoms with Gasteiger partial charge < -0.3 is 14.0 Å². The molecule has 2 atom stereocenters. The maximum atomic E-state index is 9.19. The quantitative estimate of drug-likeness (QED) is 0.754. The van der Waals surface area contributed by atoms with Gasteiger partial charge in [-0.3, -0.25) is 0 Å². The van der Waals surface area contributed by atoms with E-state index in [1.165, 1.54) is 0 Å². The van der Waals surface area contributed by atoms with Gasteiger partial charge in [0.25, 0.3) is 0 Å². The molecule has 0 amide bonds. The second-order valence-electron chi connectivity index (χ2n) is 5.05. The second kappa shape index (κ2) is 4.65. The molecule has 0 aromatic carbocycles. The van der Waals surface area contributed by atoms with Crippen LogP contribution in [0.15, 0.2) is 6.33 Å². The SMILES string of the molecule is N#Cc1ncn(C2CCOC3(CCOC3)C2)c1C#N. The molecular formula is C13H14N4O2. The first kappa shape index (κ1) is 12.2. The Hall–Kier alpha value is -1.89. The molecule has 0 bridgehead atoms. The highest BCUT2D eigenvalue weighted by Crippen LogP contribution is 2.38. The van der Waals surface area contributed by atoms with Crippen LogP contribution in [-0.2, 0) is 9.47 Å². The zero-order chi connectivity index (χ0) is 13.3. The van der Waals surface area contributed by atoms with Crippen LogP contribution in [0.5, 0.6) is 0 Å². The van der Waals surface area contributed by atoms with Gasteiger partial charge in [0.05, 0.1) is 18.5 Å². The summed E-state index contributed by atoms with van der Waals surface area (Å²) in [6.45, 7) is 2.00. The molecule has 0 radical (unpaired) electrons. The Kier molecular flexibility index (Phi) is 2.98. The summed E-state index contributed by atoms with van der Waals surface area (Å²) in [6, 6.07) is 4.19. The van der Waals surface area contributed by atoms with Crippen LogP contribution in [0.25, 0.3) is 0 Å². The molecule has 2 aliphatic heterocycles. The molecule has 98 valence electrons. The second-order valence-corrected chi connectivity index (χ2v) is 5.05. The van der Waals surface area contributed by atoms with Crippen molar-refractivity contribution in [3.05, 3.63) is 17.7 Å². The first-order valence-electron chi connectivity index (χ1n) is 6.37. The number of ether oxygens (including phenoxy) is 2. The molecule has 1 spiro atoms. The fourth-order valence-corrected chi connectivity index (χ4v) is 2.93. The molecule has 1 aromatic heterocycles. The molecule has 19 heavy (non-hydrogen) atoms. The Balaban J connectivity index is 1.88. The van der Waals surface area contributed by atoms with E-state index in [-0.39, 0.29) is 17.3 Å². The summed E-state index contributed by atoms with van der Waals surface area (Å²) < 4.78 is 13.1. The van der Waals surface area contributed by atoms with Crippen molar-refractivity contribution in [2.45, 2.75) is 30.9 Å². The lowest BCUT2D eigenvalue weighted by Gasteiger charge is -2.37. The van der Waals surface area contributed by atoms with Crippen LogP contribution < -0.4 is 0 Å². The summed E-state index contributed by atoms with van der Waals surface area (Å²) in [6.07, 6.45) is 4.13. The van der Waals surface area contributed by atoms with Gasteiger partial charge in [0.1, 0.15) is 12.1 Å². The molecule has 2 saturated heterocycles. The summed E-state index contributed by atoms with van der Waals surface area (Å²) in [7, 11) is 0. The van der Waals surface area contributed by atoms with Gasteiger partial charge in [-0.2, -0.15) is 10.5 Å². The number of hydrogen-bond donors (Lipinski definition) is 0. The van der Waals surface area contributed by atoms with Gasteiger partial charge in [-0.25, -0.2) is 4.98 Å². The van der Waals surface area contributed by atoms with E-state index in [0.717, 1.165) is 25.9 Å². The molecule has 6 heteroatoms. The molecule has 0 saturated carbocycles. The van der Waals surface area contributed by atoms with E-state index in [0.29, 0.717) is 18.9 Å². The van der Waals surface area contributed by atoms with Crippen molar-refractivity contribution < 1.29 is 9.47 Å². The van der Waals surface area contributed by atoms with Crippen molar-refractivity contribution in [3.8, 4) is 12.1 Å². The maximum Gasteiger partial charge on any atom is 0.176 e. The van der Waals surface area contributed by atoms with Crippen LogP contribution >= 0.6 is 0 Å². The predicted octanol–water partition coefficient (Wildman–Crippen LogP) is 1.14. The highest BCUT2D eigenvalue weighted by molar-refractivity contribution is 5.36. The predicted molar refractivity (Wildman–Crippen MR) is 64.0 cm³/mol. The monoisotopic (exact) mass is 258 g/mol. The summed E-state index contributed by atoms with van der Waals surface area (Å²) >= 11 is 0. The van der Waals surface area contributed by atoms with Crippen molar-refractivity contribution in [3.63, 3.8) is 0 Å². The van der Waals surface area contributed by atoms with E-state index in [9.17, 15) is 5.26 Å². The van der Waals surface area contributed by atoms with Gasteiger partial charge >= 0.3 is 0 Å². The molecule has 3 rings (SSSR count). The number of hydrogen-bond acceptors (Lipinski definition) is 5. The smallest absolute Gasteiger partial charge is 0.176 e. The third kappa shape index (κ3) is 1.99. The van der Waals surface area contributed by atoms with Gasteiger partial charge in [-0.05, 0) is 12.8 Å². The molecule has 3 heterocycles. The average Bonchev–Trinajstić information content (AvgIpc) is 3.05. The van der Waals surface area contributed by atoms with Crippen molar-refractivity contribution in [2.24, 2.45) is 0 Å². The van der Waals surface area contributed by atoms with Crippen molar-refractivity contribution in [1.82, 2.24) is 9.55 Å². The normalized spacial score (nSPS) is 30.1. The van der Waals surface area contributed by atoms with Gasteiger partial charge in [-0.1, -0.05) is 0 Å². The minimum absolute atomic E-state index is 0.152. The van der Waals surface area contributed by atoms with E-state index in [1.807, 2.05) is 10.6 Å². The Morgan fingerprint density at radius 1 is 1.37 bits per heavy atom. The Morgan fingerprint density at radius 3 is 2.95 bits per heavy atom. The average molecular weight is 258 g/mol. The van der Waals surface area contributed by atoms with E-state index in [1.54, 1.807) is 6.33 Å². The number of nitriles is 2. The van der Waals surface area contributed by atoms with Crippen LogP contribution in [0.2, 0.25) is 0 Å². The molecule has 2 fully saturated rings. The number of rotatable bonds is 1. The highest BCUT2D eigenvalue weighted by Gasteiger charge is 2.42. The number of nitrogens with zero attached hydrogens (tertiary/aromatic N) is 4. The van der Waals surface area contributed by atoms with E-state index >= 15 is 0 Å². The standard InChI is InChI=1S/C13H14N4O2/c14-6-11-12(7-15)17(9-16-11)10-1-3-19-13(5-10)2-4-18-8-13/h9-10H,1-5,8H2. The number of aromatic nitrogens is 2. The molecule has 6 nitrogen and oxygen atoms in total. The summed E-state index contributed by atoms with van der Waals surface area (Å²) in [5.74, 6) is 0. The summed E-state index contributed by atoms with van der Waals surface area (Å²) in [4.78, 5) is 4.00. The van der Waals surface area contributed by atoms with Crippen LogP contribution in [0.1, 0.15) is 36.7 Å². The minimum atomic E-state index is -0.216. The van der Waals surface area contributed by atoms with Gasteiger partial charge in [0, 0.05) is 25.7 Å². The van der Waals surface area contributed by atoms with Gasteiger partial charge in [-0.15, -0.1) is 0 Å². The molecule has 2 unspecified atom stereocenters. The van der Waals surface area contributed by atoms with E-state index in [4.69, 9.17) is 14.7 Å². The van der Waals surface area contributed by atoms with Crippen LogP contribution in [-0.4, -0.2) is 35.0 Å². The maximum absolute atomic E-state index is 9.19. The highest BCUT2D eigenvalue weighted by atomic mass is 16.6. The van der Waals surface area contributed by atoms with E-state index < -0.39 is 0 Å². The zero-order valence-corrected chi connectivity index (χ0v) is 10.5. The topological polar surface area (TPSA) is 83.9 Å². The molecule has 1 aromatic rings. The number of imidazole rings is 1. The van der Waals surface area contributed by atoms with Crippen molar-refractivity contribution in [2.75, 3.05) is 19.8 Å². The fraction of sp³-hybridized carbons (Fsp3) is 0.615. The lowest BCUT2D eigenvalue weighted by atomic mass is 9.89. The Labute approximate surface area is 111 Å². The first-order valence-corrected chi connectivity index (χ1v) is 6.37. The van der Waals surface area contributed by atoms with Crippen LogP contribution in [0, 0.1) is 22.7 Å². The van der Waals surface area contributed by atoms with Gasteiger partial charge in [0.15, 0.2) is 11.4 Å². The fourth-order valence-electron chi connectivity index (χ4n) is 2.93. The zero-order valence-electron chi connectivity index (χ0n) is 10.5. The van der Waals surface area contributed by atoms with Crippen molar-refractivity contribution >= 4 is 0 Å². The minimum Gasteiger partial charge on any atom is -0.378 e. The van der Waals surface area contributed by atoms with E-state index in [2.05, 4.69) is 11.1 Å². The third-order valence-corrected chi connectivity index (χ3v) is 3.93. The lowest BCUT2D eigenvalue weighted by molar-refractivity contribution is -0.0949. The molecular weight excluding hydrogens is 244 g/mol. The largest absolute Gasteiger partial charge is 0.378 e.